The molecule has 2 N–H and O–H groups in total. The second-order valence-corrected chi connectivity index (χ2v) is 8.01. The molecule has 1 aromatic rings. The van der Waals surface area contributed by atoms with Gasteiger partial charge in [-0.05, 0) is 30.5 Å². The predicted octanol–water partition coefficient (Wildman–Crippen LogP) is 3.33. The Hall–Kier alpha value is -1.89. The van der Waals surface area contributed by atoms with E-state index in [1.54, 1.807) is 0 Å². The monoisotopic (exact) mass is 355 g/mol. The summed E-state index contributed by atoms with van der Waals surface area (Å²) in [6, 6.07) is 3.64. The molecular weight excluding hydrogens is 330 g/mol. The molecule has 0 aromatic heterocycles. The Morgan fingerprint density at radius 1 is 1.21 bits per heavy atom. The van der Waals surface area contributed by atoms with Gasteiger partial charge in [-0.15, -0.1) is 0 Å². The van der Waals surface area contributed by atoms with Gasteiger partial charge in [0.1, 0.15) is 0 Å². The van der Waals surface area contributed by atoms with Gasteiger partial charge in [0.25, 0.3) is 0 Å². The Kier molecular flexibility index (Phi) is 7.41. The van der Waals surface area contributed by atoms with Crippen LogP contribution in [0.15, 0.2) is 23.1 Å². The van der Waals surface area contributed by atoms with E-state index in [4.69, 9.17) is 5.11 Å². The summed E-state index contributed by atoms with van der Waals surface area (Å²) in [6.07, 6.45) is 5.30. The Labute approximate surface area is 143 Å². The van der Waals surface area contributed by atoms with E-state index in [9.17, 15) is 18.0 Å². The van der Waals surface area contributed by atoms with Crippen LogP contribution in [0.2, 0.25) is 0 Å². The standard InChI is InChI=1S/C17H25NO5S/c1-4-6-7-12(5-2)8-16(19)18-14-9-13(17(20)21)10-15(11-14)24(3,22)23/h9-12H,4-8H2,1-3H3,(H,18,19)(H,20,21). The average Bonchev–Trinajstić information content (AvgIpc) is 2.50. The molecule has 0 saturated carbocycles. The Morgan fingerprint density at radius 3 is 2.38 bits per heavy atom. The van der Waals surface area contributed by atoms with Crippen LogP contribution in [0, 0.1) is 5.92 Å². The summed E-state index contributed by atoms with van der Waals surface area (Å²) in [5, 5.41) is 11.7. The molecule has 1 aromatic carbocycles. The molecule has 134 valence electrons. The molecule has 24 heavy (non-hydrogen) atoms. The Bertz CT molecular complexity index is 697. The van der Waals surface area contributed by atoms with Crippen molar-refractivity contribution in [2.75, 3.05) is 11.6 Å². The van der Waals surface area contributed by atoms with E-state index in [1.165, 1.54) is 12.1 Å². The minimum Gasteiger partial charge on any atom is -0.478 e. The molecule has 1 atom stereocenters. The first-order chi connectivity index (χ1) is 11.2. The van der Waals surface area contributed by atoms with Gasteiger partial charge in [-0.2, -0.15) is 0 Å². The van der Waals surface area contributed by atoms with Crippen LogP contribution < -0.4 is 5.32 Å². The van der Waals surface area contributed by atoms with Crippen LogP contribution in [0.5, 0.6) is 0 Å². The van der Waals surface area contributed by atoms with Crippen molar-refractivity contribution in [3.8, 4) is 0 Å². The van der Waals surface area contributed by atoms with E-state index < -0.39 is 15.8 Å². The van der Waals surface area contributed by atoms with E-state index in [0.717, 1.165) is 38.0 Å². The number of benzene rings is 1. The van der Waals surface area contributed by atoms with Crippen LogP contribution in [0.4, 0.5) is 5.69 Å². The van der Waals surface area contributed by atoms with E-state index in [0.29, 0.717) is 6.42 Å². The van der Waals surface area contributed by atoms with Gasteiger partial charge in [-0.3, -0.25) is 4.79 Å². The maximum Gasteiger partial charge on any atom is 0.335 e. The number of carbonyl (C=O) groups is 2. The zero-order valence-electron chi connectivity index (χ0n) is 14.3. The number of rotatable bonds is 9. The van der Waals surface area contributed by atoms with Crippen molar-refractivity contribution in [3.05, 3.63) is 23.8 Å². The number of aromatic carboxylic acids is 1. The summed E-state index contributed by atoms with van der Waals surface area (Å²) in [5.74, 6) is -1.22. The fourth-order valence-corrected chi connectivity index (χ4v) is 3.11. The second-order valence-electron chi connectivity index (χ2n) is 5.99. The number of unbranched alkanes of at least 4 members (excludes halogenated alkanes) is 1. The summed E-state index contributed by atoms with van der Waals surface area (Å²) in [7, 11) is -3.57. The van der Waals surface area contributed by atoms with Crippen molar-refractivity contribution in [2.24, 2.45) is 5.92 Å². The molecule has 0 fully saturated rings. The van der Waals surface area contributed by atoms with Crippen LogP contribution in [0.1, 0.15) is 56.3 Å². The summed E-state index contributed by atoms with van der Waals surface area (Å²) in [4.78, 5) is 23.2. The van der Waals surface area contributed by atoms with Gasteiger partial charge in [0, 0.05) is 18.4 Å². The molecule has 6 nitrogen and oxygen atoms in total. The fraction of sp³-hybridized carbons (Fsp3) is 0.529. The first kappa shape index (κ1) is 20.2. The van der Waals surface area contributed by atoms with Crippen LogP contribution >= 0.6 is 0 Å². The molecule has 0 aliphatic heterocycles. The highest BCUT2D eigenvalue weighted by atomic mass is 32.2. The number of carbonyl (C=O) groups excluding carboxylic acids is 1. The van der Waals surface area contributed by atoms with Crippen molar-refractivity contribution < 1.29 is 23.1 Å². The lowest BCUT2D eigenvalue weighted by molar-refractivity contribution is -0.117. The molecule has 0 aliphatic carbocycles. The summed E-state index contributed by atoms with van der Waals surface area (Å²) < 4.78 is 23.4. The molecule has 0 spiro atoms. The van der Waals surface area contributed by atoms with Gasteiger partial charge in [-0.1, -0.05) is 33.1 Å². The summed E-state index contributed by atoms with van der Waals surface area (Å²) in [6.45, 7) is 4.12. The van der Waals surface area contributed by atoms with Crippen LogP contribution in [0.3, 0.4) is 0 Å². The first-order valence-electron chi connectivity index (χ1n) is 8.05. The first-order valence-corrected chi connectivity index (χ1v) is 9.94. The zero-order chi connectivity index (χ0) is 18.3. The fourth-order valence-electron chi connectivity index (χ4n) is 2.43. The topological polar surface area (TPSA) is 101 Å². The molecule has 0 saturated heterocycles. The van der Waals surface area contributed by atoms with Crippen molar-refractivity contribution in [3.63, 3.8) is 0 Å². The van der Waals surface area contributed by atoms with E-state index in [2.05, 4.69) is 12.2 Å². The molecule has 1 amide bonds. The van der Waals surface area contributed by atoms with E-state index in [-0.39, 0.29) is 28.0 Å². The molecule has 0 heterocycles. The molecule has 0 radical (unpaired) electrons. The summed E-state index contributed by atoms with van der Waals surface area (Å²) in [5.41, 5.74) is 0.0110. The van der Waals surface area contributed by atoms with E-state index >= 15 is 0 Å². The quantitative estimate of drug-likeness (QED) is 0.707. The van der Waals surface area contributed by atoms with Crippen molar-refractivity contribution in [1.82, 2.24) is 0 Å². The minimum absolute atomic E-state index is 0.129. The van der Waals surface area contributed by atoms with Crippen molar-refractivity contribution >= 4 is 27.4 Å². The third-order valence-corrected chi connectivity index (χ3v) is 4.97. The largest absolute Gasteiger partial charge is 0.478 e. The minimum atomic E-state index is -3.57. The highest BCUT2D eigenvalue weighted by Crippen LogP contribution is 2.21. The molecule has 1 unspecified atom stereocenters. The predicted molar refractivity (Wildman–Crippen MR) is 93.1 cm³/mol. The molecule has 0 aliphatic rings. The SMILES string of the molecule is CCCCC(CC)CC(=O)Nc1cc(C(=O)O)cc(S(C)(=O)=O)c1. The number of amides is 1. The van der Waals surface area contributed by atoms with Crippen molar-refractivity contribution in [2.45, 2.75) is 50.8 Å². The Morgan fingerprint density at radius 2 is 1.88 bits per heavy atom. The number of carboxylic acid groups (broad SMARTS) is 1. The molecule has 7 heteroatoms. The van der Waals surface area contributed by atoms with Crippen LogP contribution in [-0.4, -0.2) is 31.7 Å². The van der Waals surface area contributed by atoms with Crippen LogP contribution in [0.25, 0.3) is 0 Å². The zero-order valence-corrected chi connectivity index (χ0v) is 15.1. The maximum atomic E-state index is 12.2. The lowest BCUT2D eigenvalue weighted by atomic mass is 9.95. The molecular formula is C17H25NO5S. The van der Waals surface area contributed by atoms with Gasteiger partial charge >= 0.3 is 5.97 Å². The van der Waals surface area contributed by atoms with Gasteiger partial charge in [0.2, 0.25) is 5.91 Å². The highest BCUT2D eigenvalue weighted by Gasteiger charge is 2.16. The van der Waals surface area contributed by atoms with E-state index in [1.807, 2.05) is 6.92 Å². The lowest BCUT2D eigenvalue weighted by Crippen LogP contribution is -2.17. The normalized spacial score (nSPS) is 12.6. The molecule has 1 rings (SSSR count). The van der Waals surface area contributed by atoms with Gasteiger partial charge in [0.15, 0.2) is 9.84 Å². The second kappa shape index (κ2) is 8.82. The smallest absolute Gasteiger partial charge is 0.335 e. The number of carboxylic acids is 1. The summed E-state index contributed by atoms with van der Waals surface area (Å²) >= 11 is 0. The number of nitrogens with one attached hydrogen (secondary N) is 1. The van der Waals surface area contributed by atoms with Crippen LogP contribution in [-0.2, 0) is 14.6 Å². The number of sulfone groups is 1. The highest BCUT2D eigenvalue weighted by molar-refractivity contribution is 7.90. The van der Waals surface area contributed by atoms with Crippen molar-refractivity contribution in [1.29, 1.82) is 0 Å². The lowest BCUT2D eigenvalue weighted by Gasteiger charge is -2.14. The van der Waals surface area contributed by atoms with Gasteiger partial charge in [-0.25, -0.2) is 13.2 Å². The maximum absolute atomic E-state index is 12.2. The average molecular weight is 355 g/mol. The Balaban J connectivity index is 2.95. The van der Waals surface area contributed by atoms with Gasteiger partial charge < -0.3 is 10.4 Å². The van der Waals surface area contributed by atoms with Gasteiger partial charge in [0.05, 0.1) is 10.5 Å². The third-order valence-electron chi connectivity index (χ3n) is 3.88. The third kappa shape index (κ3) is 6.31. The molecule has 0 bridgehead atoms. The number of anilines is 1. The number of hydrogen-bond acceptors (Lipinski definition) is 4. The number of hydrogen-bond donors (Lipinski definition) is 2.